The molecule has 5 rings (SSSR count). The molecule has 2 aromatic carbocycles. The molecule has 0 N–H and O–H groups in total. The van der Waals surface area contributed by atoms with Gasteiger partial charge in [-0.25, -0.2) is 12.8 Å². The average Bonchev–Trinajstić information content (AvgIpc) is 3.20. The van der Waals surface area contributed by atoms with E-state index < -0.39 is 33.6 Å². The van der Waals surface area contributed by atoms with Gasteiger partial charge in [-0.3, -0.25) is 9.59 Å². The minimum Gasteiger partial charge on any atom is -0.450 e. The molecule has 29 heavy (non-hydrogen) atoms. The number of hydrogen-bond donors (Lipinski definition) is 0. The van der Waals surface area contributed by atoms with E-state index in [1.807, 2.05) is 0 Å². The molecule has 0 spiro atoms. The quantitative estimate of drug-likeness (QED) is 0.645. The third-order valence-corrected chi connectivity index (χ3v) is 7.35. The van der Waals surface area contributed by atoms with Crippen LogP contribution in [0.15, 0.2) is 57.7 Å². The summed E-state index contributed by atoms with van der Waals surface area (Å²) in [6.07, 6.45) is 0.285. The van der Waals surface area contributed by atoms with Gasteiger partial charge < -0.3 is 9.32 Å². The largest absolute Gasteiger partial charge is 0.450 e. The first-order chi connectivity index (χ1) is 13.9. The van der Waals surface area contributed by atoms with E-state index >= 15 is 0 Å². The summed E-state index contributed by atoms with van der Waals surface area (Å²) in [6.45, 7) is 0. The molecule has 0 unspecified atom stereocenters. The van der Waals surface area contributed by atoms with Crippen molar-refractivity contribution in [3.05, 3.63) is 81.5 Å². The highest BCUT2D eigenvalue weighted by atomic mass is 32.2. The molecule has 3 heterocycles. The summed E-state index contributed by atoms with van der Waals surface area (Å²) in [4.78, 5) is 28.0. The van der Waals surface area contributed by atoms with E-state index in [-0.39, 0.29) is 34.7 Å². The highest BCUT2D eigenvalue weighted by Gasteiger charge is 2.48. The zero-order chi connectivity index (χ0) is 20.3. The van der Waals surface area contributed by atoms with Crippen molar-refractivity contribution >= 4 is 26.7 Å². The number of sulfone groups is 1. The van der Waals surface area contributed by atoms with Gasteiger partial charge in [-0.2, -0.15) is 0 Å². The molecule has 0 radical (unpaired) electrons. The van der Waals surface area contributed by atoms with Crippen molar-refractivity contribution in [1.29, 1.82) is 0 Å². The lowest BCUT2D eigenvalue weighted by Gasteiger charge is -2.30. The first-order valence-corrected chi connectivity index (χ1v) is 11.0. The van der Waals surface area contributed by atoms with E-state index in [2.05, 4.69) is 0 Å². The van der Waals surface area contributed by atoms with Crippen LogP contribution < -0.4 is 5.43 Å². The van der Waals surface area contributed by atoms with Gasteiger partial charge in [0.1, 0.15) is 11.4 Å². The summed E-state index contributed by atoms with van der Waals surface area (Å²) in [5, 5.41) is 0.340. The van der Waals surface area contributed by atoms with Crippen LogP contribution >= 0.6 is 0 Å². The van der Waals surface area contributed by atoms with Gasteiger partial charge in [-0.1, -0.05) is 24.3 Å². The number of amides is 1. The van der Waals surface area contributed by atoms with Crippen molar-refractivity contribution in [2.24, 2.45) is 0 Å². The molecule has 1 amide bonds. The summed E-state index contributed by atoms with van der Waals surface area (Å²) in [5.74, 6) is -1.22. The maximum atomic E-state index is 13.5. The Morgan fingerprint density at radius 1 is 1.03 bits per heavy atom. The molecule has 1 fully saturated rings. The van der Waals surface area contributed by atoms with Gasteiger partial charge >= 0.3 is 0 Å². The number of fused-ring (bicyclic) bond motifs is 2. The lowest BCUT2D eigenvalue weighted by atomic mass is 9.97. The molecular weight excluding hydrogens is 397 g/mol. The third-order valence-electron chi connectivity index (χ3n) is 5.60. The molecule has 2 aliphatic rings. The number of rotatable bonds is 2. The lowest BCUT2D eigenvalue weighted by Crippen LogP contribution is -2.40. The molecule has 1 aromatic heterocycles. The second kappa shape index (κ2) is 6.25. The van der Waals surface area contributed by atoms with Crippen molar-refractivity contribution in [2.45, 2.75) is 18.5 Å². The van der Waals surface area contributed by atoms with Crippen LogP contribution in [-0.2, 0) is 9.84 Å². The lowest BCUT2D eigenvalue weighted by molar-refractivity contribution is 0.0662. The van der Waals surface area contributed by atoms with Crippen LogP contribution in [0, 0.1) is 5.82 Å². The first-order valence-electron chi connectivity index (χ1n) is 9.20. The second-order valence-electron chi connectivity index (χ2n) is 7.39. The number of hydrogen-bond acceptors (Lipinski definition) is 5. The van der Waals surface area contributed by atoms with Crippen molar-refractivity contribution in [1.82, 2.24) is 4.90 Å². The fourth-order valence-electron chi connectivity index (χ4n) is 4.28. The molecule has 8 heteroatoms. The van der Waals surface area contributed by atoms with Gasteiger partial charge in [0.05, 0.1) is 28.5 Å². The number of halogens is 1. The predicted molar refractivity (Wildman–Crippen MR) is 104 cm³/mol. The van der Waals surface area contributed by atoms with Gasteiger partial charge in [-0.05, 0) is 36.2 Å². The van der Waals surface area contributed by atoms with E-state index in [1.54, 1.807) is 24.3 Å². The maximum absolute atomic E-state index is 13.5. The summed E-state index contributed by atoms with van der Waals surface area (Å²) in [6, 6.07) is 10.8. The van der Waals surface area contributed by atoms with Gasteiger partial charge in [0.15, 0.2) is 15.3 Å². The second-order valence-corrected chi connectivity index (χ2v) is 9.62. The molecule has 1 saturated heterocycles. The van der Waals surface area contributed by atoms with Crippen LogP contribution in [0.1, 0.15) is 34.1 Å². The molecule has 2 aliphatic heterocycles. The highest BCUT2D eigenvalue weighted by Crippen LogP contribution is 2.41. The van der Waals surface area contributed by atoms with Crippen molar-refractivity contribution in [2.75, 3.05) is 11.5 Å². The van der Waals surface area contributed by atoms with Crippen LogP contribution in [0.3, 0.4) is 0 Å². The monoisotopic (exact) mass is 413 g/mol. The zero-order valence-electron chi connectivity index (χ0n) is 15.2. The Morgan fingerprint density at radius 3 is 2.45 bits per heavy atom. The normalized spacial score (nSPS) is 22.9. The van der Waals surface area contributed by atoms with Gasteiger partial charge in [0.2, 0.25) is 5.76 Å². The molecule has 148 valence electrons. The minimum atomic E-state index is -3.27. The Hall–Kier alpha value is -3.00. The third kappa shape index (κ3) is 2.78. The summed E-state index contributed by atoms with van der Waals surface area (Å²) in [5.41, 5.74) is 0.659. The van der Waals surface area contributed by atoms with Crippen molar-refractivity contribution < 1.29 is 22.0 Å². The Bertz CT molecular complexity index is 1310. The Balaban J connectivity index is 1.76. The fourth-order valence-corrected chi connectivity index (χ4v) is 5.99. The minimum absolute atomic E-state index is 0.0166. The van der Waals surface area contributed by atoms with Crippen molar-refractivity contribution in [3.63, 3.8) is 0 Å². The van der Waals surface area contributed by atoms with E-state index in [9.17, 15) is 22.4 Å². The topological polar surface area (TPSA) is 84.7 Å². The molecule has 0 bridgehead atoms. The maximum Gasteiger partial charge on any atom is 0.291 e. The van der Waals surface area contributed by atoms with E-state index in [0.29, 0.717) is 16.5 Å². The Kier molecular flexibility index (Phi) is 3.89. The van der Waals surface area contributed by atoms with Crippen LogP contribution in [0.2, 0.25) is 0 Å². The number of carbonyl (C=O) groups is 1. The molecule has 0 saturated carbocycles. The SMILES string of the molecule is O=C1c2oc3ccccc3c(=O)c2[C@@H](c2ccc(F)cc2)N1[C@@H]1CCS(=O)(=O)C1. The Morgan fingerprint density at radius 2 is 1.76 bits per heavy atom. The first kappa shape index (κ1) is 18.1. The number of benzene rings is 2. The predicted octanol–water partition coefficient (Wildman–Crippen LogP) is 2.66. The fraction of sp³-hybridized carbons (Fsp3) is 0.238. The van der Waals surface area contributed by atoms with Gasteiger partial charge in [0, 0.05) is 6.04 Å². The van der Waals surface area contributed by atoms with Crippen LogP contribution in [0.5, 0.6) is 0 Å². The standard InChI is InChI=1S/C21H16FNO5S/c22-13-7-5-12(6-8-13)18-17-19(24)15-3-1-2-4-16(15)28-20(17)21(25)23(18)14-9-10-29(26,27)11-14/h1-8,14,18H,9-11H2/t14-,18-/m1/s1. The molecule has 3 aromatic rings. The number of para-hydroxylation sites is 1. The van der Waals surface area contributed by atoms with Crippen molar-refractivity contribution in [3.8, 4) is 0 Å². The summed E-state index contributed by atoms with van der Waals surface area (Å²) < 4.78 is 43.4. The smallest absolute Gasteiger partial charge is 0.291 e. The zero-order valence-corrected chi connectivity index (χ0v) is 16.0. The average molecular weight is 413 g/mol. The summed E-state index contributed by atoms with van der Waals surface area (Å²) >= 11 is 0. The number of carbonyl (C=O) groups excluding carboxylic acids is 1. The molecule has 2 atom stereocenters. The van der Waals surface area contributed by atoms with Gasteiger partial charge in [-0.15, -0.1) is 0 Å². The van der Waals surface area contributed by atoms with E-state index in [4.69, 9.17) is 4.42 Å². The van der Waals surface area contributed by atoms with Crippen LogP contribution in [0.4, 0.5) is 4.39 Å². The van der Waals surface area contributed by atoms with Crippen LogP contribution in [0.25, 0.3) is 11.0 Å². The molecular formula is C21H16FNO5S. The summed E-state index contributed by atoms with van der Waals surface area (Å²) in [7, 11) is -3.27. The van der Waals surface area contributed by atoms with Crippen LogP contribution in [-0.4, -0.2) is 36.8 Å². The van der Waals surface area contributed by atoms with E-state index in [0.717, 1.165) is 0 Å². The molecule has 6 nitrogen and oxygen atoms in total. The highest BCUT2D eigenvalue weighted by molar-refractivity contribution is 7.91. The Labute approximate surface area is 165 Å². The van der Waals surface area contributed by atoms with E-state index in [1.165, 1.54) is 29.2 Å². The molecule has 0 aliphatic carbocycles. The number of nitrogens with zero attached hydrogens (tertiary/aromatic N) is 1. The van der Waals surface area contributed by atoms with Gasteiger partial charge in [0.25, 0.3) is 5.91 Å².